The number of para-hydroxylation sites is 1. The molecule has 0 spiro atoms. The summed E-state index contributed by atoms with van der Waals surface area (Å²) in [6.45, 7) is 0. The SMILES string of the molecule is O=C(c1ccccc1)c1ccc2c3ccc(C(=O)c4ccccc4)cc3n(-c3cccc4c3C(=O)N(c3ccccc3)C4=O)c2c1. The van der Waals surface area contributed by atoms with Gasteiger partial charge in [-0.3, -0.25) is 19.2 Å². The van der Waals surface area contributed by atoms with Gasteiger partial charge in [0.15, 0.2) is 11.6 Å². The first-order chi connectivity index (χ1) is 22.5. The molecule has 0 saturated heterocycles. The molecule has 7 aromatic rings. The standard InChI is InChI=1S/C40H24N2O4/c43-37(25-11-4-1-5-12-25)27-19-21-30-31-22-20-28(38(44)26-13-6-2-7-14-26)24-35(31)42(34(30)23-27)33-18-10-17-32-36(33)40(46)41(39(32)45)29-15-8-3-9-16-29/h1-24H. The summed E-state index contributed by atoms with van der Waals surface area (Å²) in [5.41, 5.74) is 4.93. The number of benzene rings is 6. The maximum atomic E-state index is 14.1. The van der Waals surface area contributed by atoms with E-state index in [-0.39, 0.29) is 22.7 Å². The molecule has 218 valence electrons. The molecule has 6 aromatic carbocycles. The lowest BCUT2D eigenvalue weighted by atomic mass is 10.0. The molecule has 6 nitrogen and oxygen atoms in total. The van der Waals surface area contributed by atoms with Crippen molar-refractivity contribution in [1.29, 1.82) is 0 Å². The first-order valence-corrected chi connectivity index (χ1v) is 14.9. The van der Waals surface area contributed by atoms with Crippen molar-refractivity contribution in [1.82, 2.24) is 4.57 Å². The van der Waals surface area contributed by atoms with Crippen molar-refractivity contribution in [3.05, 3.63) is 179 Å². The topological polar surface area (TPSA) is 76.5 Å². The molecule has 0 unspecified atom stereocenters. The Morgan fingerprint density at radius 3 is 1.48 bits per heavy atom. The number of aromatic nitrogens is 1. The predicted molar refractivity (Wildman–Crippen MR) is 178 cm³/mol. The van der Waals surface area contributed by atoms with Crippen molar-refractivity contribution in [2.45, 2.75) is 0 Å². The Labute approximate surface area is 263 Å². The highest BCUT2D eigenvalue weighted by molar-refractivity contribution is 6.36. The third-order valence-corrected chi connectivity index (χ3v) is 8.51. The molecule has 1 aliphatic heterocycles. The van der Waals surface area contributed by atoms with Gasteiger partial charge in [0.1, 0.15) is 0 Å². The first kappa shape index (κ1) is 27.2. The van der Waals surface area contributed by atoms with Gasteiger partial charge < -0.3 is 4.57 Å². The van der Waals surface area contributed by atoms with Crippen LogP contribution in [0.15, 0.2) is 146 Å². The number of carbonyl (C=O) groups excluding carboxylic acids is 4. The zero-order valence-electron chi connectivity index (χ0n) is 24.4. The van der Waals surface area contributed by atoms with Crippen LogP contribution in [0.2, 0.25) is 0 Å². The second-order valence-electron chi connectivity index (χ2n) is 11.2. The molecule has 1 aliphatic rings. The van der Waals surface area contributed by atoms with E-state index in [0.29, 0.717) is 44.7 Å². The Balaban J connectivity index is 1.39. The Kier molecular flexibility index (Phi) is 6.29. The van der Waals surface area contributed by atoms with Gasteiger partial charge in [0.2, 0.25) is 0 Å². The lowest BCUT2D eigenvalue weighted by Gasteiger charge is -2.15. The maximum Gasteiger partial charge on any atom is 0.268 e. The summed E-state index contributed by atoms with van der Waals surface area (Å²) in [4.78, 5) is 56.1. The van der Waals surface area contributed by atoms with Gasteiger partial charge in [-0.25, -0.2) is 4.90 Å². The number of hydrogen-bond acceptors (Lipinski definition) is 4. The Morgan fingerprint density at radius 1 is 0.457 bits per heavy atom. The molecular formula is C40H24N2O4. The maximum absolute atomic E-state index is 14.1. The summed E-state index contributed by atoms with van der Waals surface area (Å²) in [6, 6.07) is 43.2. The molecule has 0 radical (unpaired) electrons. The van der Waals surface area contributed by atoms with Gasteiger partial charge in [-0.2, -0.15) is 0 Å². The molecular weight excluding hydrogens is 572 g/mol. The van der Waals surface area contributed by atoms with Crippen molar-refractivity contribution in [2.24, 2.45) is 0 Å². The Bertz CT molecular complexity index is 2270. The van der Waals surface area contributed by atoms with E-state index >= 15 is 0 Å². The highest BCUT2D eigenvalue weighted by atomic mass is 16.2. The number of rotatable bonds is 6. The average molecular weight is 597 g/mol. The first-order valence-electron chi connectivity index (χ1n) is 14.9. The Morgan fingerprint density at radius 2 is 0.957 bits per heavy atom. The number of nitrogens with zero attached hydrogens (tertiary/aromatic N) is 2. The minimum Gasteiger partial charge on any atom is -0.308 e. The van der Waals surface area contributed by atoms with Gasteiger partial charge in [0.05, 0.1) is 33.5 Å². The average Bonchev–Trinajstić information content (AvgIpc) is 3.58. The highest BCUT2D eigenvalue weighted by Crippen LogP contribution is 2.38. The number of amides is 2. The van der Waals surface area contributed by atoms with Crippen LogP contribution in [-0.2, 0) is 0 Å². The summed E-state index contributed by atoms with van der Waals surface area (Å²) in [5.74, 6) is -1.13. The van der Waals surface area contributed by atoms with E-state index in [1.807, 2.05) is 71.3 Å². The van der Waals surface area contributed by atoms with E-state index in [9.17, 15) is 19.2 Å². The number of fused-ring (bicyclic) bond motifs is 4. The van der Waals surface area contributed by atoms with E-state index in [4.69, 9.17) is 0 Å². The van der Waals surface area contributed by atoms with Crippen molar-refractivity contribution >= 4 is 50.9 Å². The minimum atomic E-state index is -0.440. The number of anilines is 1. The van der Waals surface area contributed by atoms with E-state index in [2.05, 4.69) is 0 Å². The lowest BCUT2D eigenvalue weighted by Crippen LogP contribution is -2.29. The molecule has 1 aromatic heterocycles. The van der Waals surface area contributed by atoms with Crippen molar-refractivity contribution in [3.8, 4) is 5.69 Å². The van der Waals surface area contributed by atoms with Crippen LogP contribution in [0, 0.1) is 0 Å². The third kappa shape index (κ3) is 4.19. The molecule has 0 bridgehead atoms. The predicted octanol–water partition coefficient (Wildman–Crippen LogP) is 8.05. The molecule has 0 aliphatic carbocycles. The zero-order chi connectivity index (χ0) is 31.4. The number of carbonyl (C=O) groups is 4. The van der Waals surface area contributed by atoms with Crippen molar-refractivity contribution in [2.75, 3.05) is 4.90 Å². The number of ketones is 2. The van der Waals surface area contributed by atoms with E-state index in [1.165, 1.54) is 4.90 Å². The van der Waals surface area contributed by atoms with Crippen LogP contribution in [0.5, 0.6) is 0 Å². The molecule has 8 rings (SSSR count). The fraction of sp³-hybridized carbons (Fsp3) is 0. The molecule has 0 fully saturated rings. The summed E-state index contributed by atoms with van der Waals surface area (Å²) in [7, 11) is 0. The zero-order valence-corrected chi connectivity index (χ0v) is 24.4. The molecule has 2 heterocycles. The normalized spacial score (nSPS) is 12.6. The van der Waals surface area contributed by atoms with Crippen LogP contribution in [0.25, 0.3) is 27.5 Å². The molecule has 2 amide bonds. The quantitative estimate of drug-likeness (QED) is 0.144. The van der Waals surface area contributed by atoms with Crippen molar-refractivity contribution in [3.63, 3.8) is 0 Å². The van der Waals surface area contributed by atoms with Crippen molar-refractivity contribution < 1.29 is 19.2 Å². The Hall–Kier alpha value is -6.40. The molecule has 6 heteroatoms. The largest absolute Gasteiger partial charge is 0.308 e. The van der Waals surface area contributed by atoms with Gasteiger partial charge in [0, 0.05) is 33.0 Å². The number of hydrogen-bond donors (Lipinski definition) is 0. The van der Waals surface area contributed by atoms with E-state index < -0.39 is 11.8 Å². The fourth-order valence-electron chi connectivity index (χ4n) is 6.34. The monoisotopic (exact) mass is 596 g/mol. The third-order valence-electron chi connectivity index (χ3n) is 8.51. The lowest BCUT2D eigenvalue weighted by molar-refractivity contribution is 0.0924. The van der Waals surface area contributed by atoms with Gasteiger partial charge in [-0.1, -0.05) is 109 Å². The summed E-state index contributed by atoms with van der Waals surface area (Å²) < 4.78 is 1.90. The summed E-state index contributed by atoms with van der Waals surface area (Å²) in [6.07, 6.45) is 0. The second-order valence-corrected chi connectivity index (χ2v) is 11.2. The molecule has 0 N–H and O–H groups in total. The van der Waals surface area contributed by atoms with Gasteiger partial charge >= 0.3 is 0 Å². The number of imide groups is 1. The van der Waals surface area contributed by atoms with E-state index in [1.54, 1.807) is 78.9 Å². The van der Waals surface area contributed by atoms with Gasteiger partial charge in [-0.05, 0) is 36.4 Å². The highest BCUT2D eigenvalue weighted by Gasteiger charge is 2.39. The smallest absolute Gasteiger partial charge is 0.268 e. The fourth-order valence-corrected chi connectivity index (χ4v) is 6.34. The summed E-state index contributed by atoms with van der Waals surface area (Å²) in [5, 5.41) is 1.68. The van der Waals surface area contributed by atoms with Crippen LogP contribution in [0.1, 0.15) is 52.6 Å². The molecule has 46 heavy (non-hydrogen) atoms. The van der Waals surface area contributed by atoms with Crippen LogP contribution in [-0.4, -0.2) is 27.9 Å². The van der Waals surface area contributed by atoms with Crippen LogP contribution in [0.4, 0.5) is 5.69 Å². The van der Waals surface area contributed by atoms with Crippen LogP contribution in [0.3, 0.4) is 0 Å². The van der Waals surface area contributed by atoms with Gasteiger partial charge in [-0.15, -0.1) is 0 Å². The molecule has 0 saturated carbocycles. The minimum absolute atomic E-state index is 0.140. The van der Waals surface area contributed by atoms with Crippen LogP contribution < -0.4 is 4.90 Å². The van der Waals surface area contributed by atoms with Gasteiger partial charge in [0.25, 0.3) is 11.8 Å². The van der Waals surface area contributed by atoms with E-state index in [0.717, 1.165) is 10.8 Å². The molecule has 0 atom stereocenters. The second kappa shape index (κ2) is 10.6. The van der Waals surface area contributed by atoms with Crippen LogP contribution >= 0.6 is 0 Å². The summed E-state index contributed by atoms with van der Waals surface area (Å²) >= 11 is 0.